The molecule has 1 aromatic heterocycles. The Bertz CT molecular complexity index is 863. The number of hydrogen-bond donors (Lipinski definition) is 1. The summed E-state index contributed by atoms with van der Waals surface area (Å²) in [7, 11) is 0. The van der Waals surface area contributed by atoms with Crippen molar-refractivity contribution in [3.63, 3.8) is 0 Å². The van der Waals surface area contributed by atoms with Crippen LogP contribution in [0.2, 0.25) is 0 Å². The van der Waals surface area contributed by atoms with Gasteiger partial charge in [0.15, 0.2) is 5.69 Å². The lowest BCUT2D eigenvalue weighted by Gasteiger charge is -2.38. The maximum absolute atomic E-state index is 13.4. The van der Waals surface area contributed by atoms with Crippen LogP contribution in [0, 0.1) is 5.92 Å². The molecule has 2 aromatic rings. The molecule has 1 aliphatic rings. The molecule has 1 aromatic carbocycles. The van der Waals surface area contributed by atoms with Gasteiger partial charge < -0.3 is 10.6 Å². The molecule has 2 atom stereocenters. The molecule has 1 saturated heterocycles. The minimum absolute atomic E-state index is 0. The summed E-state index contributed by atoms with van der Waals surface area (Å²) in [6, 6.07) is 7.16. The summed E-state index contributed by atoms with van der Waals surface area (Å²) in [5, 5.41) is 5.65. The van der Waals surface area contributed by atoms with Crippen molar-refractivity contribution < 1.29 is 4.79 Å². The second kappa shape index (κ2) is 8.85. The van der Waals surface area contributed by atoms with E-state index in [-0.39, 0.29) is 41.9 Å². The van der Waals surface area contributed by atoms with Crippen LogP contribution in [0.5, 0.6) is 0 Å². The van der Waals surface area contributed by atoms with Crippen molar-refractivity contribution in [1.29, 1.82) is 0 Å². The monoisotopic (exact) mass is 392 g/mol. The van der Waals surface area contributed by atoms with E-state index in [1.165, 1.54) is 4.68 Å². The second-order valence-electron chi connectivity index (χ2n) is 7.70. The van der Waals surface area contributed by atoms with Crippen LogP contribution in [0.4, 0.5) is 0 Å². The third-order valence-corrected chi connectivity index (χ3v) is 5.03. The number of aromatic nitrogens is 2. The fourth-order valence-corrected chi connectivity index (χ4v) is 3.75. The van der Waals surface area contributed by atoms with E-state index in [0.29, 0.717) is 29.6 Å². The van der Waals surface area contributed by atoms with Crippen LogP contribution in [0.1, 0.15) is 50.5 Å². The quantitative estimate of drug-likeness (QED) is 0.867. The van der Waals surface area contributed by atoms with E-state index in [1.807, 2.05) is 43.9 Å². The second-order valence-corrected chi connectivity index (χ2v) is 7.70. The number of hydrogen-bond acceptors (Lipinski definition) is 4. The van der Waals surface area contributed by atoms with Crippen LogP contribution < -0.4 is 11.3 Å². The van der Waals surface area contributed by atoms with Crippen LogP contribution in [-0.2, 0) is 6.54 Å². The van der Waals surface area contributed by atoms with E-state index in [9.17, 15) is 9.59 Å². The highest BCUT2D eigenvalue weighted by Gasteiger charge is 2.32. The van der Waals surface area contributed by atoms with Gasteiger partial charge in [0.2, 0.25) is 0 Å². The molecular formula is C20H29ClN4O2. The maximum atomic E-state index is 13.4. The first kappa shape index (κ1) is 21.4. The molecule has 27 heavy (non-hydrogen) atoms. The Morgan fingerprint density at radius 3 is 2.52 bits per heavy atom. The van der Waals surface area contributed by atoms with E-state index in [0.717, 1.165) is 19.3 Å². The summed E-state index contributed by atoms with van der Waals surface area (Å²) in [4.78, 5) is 28.0. The molecule has 0 aliphatic carbocycles. The van der Waals surface area contributed by atoms with Crippen LogP contribution in [0.3, 0.4) is 0 Å². The zero-order valence-corrected chi connectivity index (χ0v) is 17.0. The molecule has 0 saturated carbocycles. The van der Waals surface area contributed by atoms with Crippen molar-refractivity contribution in [2.75, 3.05) is 6.54 Å². The minimum atomic E-state index is -0.145. The van der Waals surface area contributed by atoms with Crippen molar-refractivity contribution in [2.45, 2.75) is 58.7 Å². The maximum Gasteiger partial charge on any atom is 0.275 e. The fraction of sp³-hybridized carbons (Fsp3) is 0.550. The lowest BCUT2D eigenvalue weighted by Crippen LogP contribution is -2.52. The van der Waals surface area contributed by atoms with Crippen molar-refractivity contribution in [1.82, 2.24) is 14.7 Å². The Balaban J connectivity index is 0.00000261. The number of nitrogens with two attached hydrogens (primary N) is 1. The topological polar surface area (TPSA) is 81.2 Å². The van der Waals surface area contributed by atoms with Crippen LogP contribution in [0.15, 0.2) is 29.1 Å². The van der Waals surface area contributed by atoms with Gasteiger partial charge in [-0.15, -0.1) is 12.4 Å². The molecule has 6 nitrogen and oxygen atoms in total. The number of fused-ring (bicyclic) bond motifs is 1. The van der Waals surface area contributed by atoms with Crippen molar-refractivity contribution in [3.05, 3.63) is 40.3 Å². The van der Waals surface area contributed by atoms with Gasteiger partial charge in [-0.2, -0.15) is 5.10 Å². The van der Waals surface area contributed by atoms with Gasteiger partial charge in [0.1, 0.15) is 0 Å². The molecule has 0 spiro atoms. The van der Waals surface area contributed by atoms with Gasteiger partial charge in [0, 0.05) is 30.6 Å². The molecule has 7 heteroatoms. The highest BCUT2D eigenvalue weighted by Crippen LogP contribution is 2.23. The van der Waals surface area contributed by atoms with E-state index in [4.69, 9.17) is 5.73 Å². The SMILES string of the molecule is CC(C)Cn1nc(C(=O)N2CCCCC2C(C)N)c2ccccc2c1=O.Cl. The van der Waals surface area contributed by atoms with Crippen LogP contribution >= 0.6 is 12.4 Å². The molecule has 2 N–H and O–H groups in total. The molecule has 2 unspecified atom stereocenters. The number of nitrogens with zero attached hydrogens (tertiary/aromatic N) is 3. The predicted molar refractivity (Wildman–Crippen MR) is 110 cm³/mol. The number of benzene rings is 1. The van der Waals surface area contributed by atoms with E-state index >= 15 is 0 Å². The van der Waals surface area contributed by atoms with Gasteiger partial charge >= 0.3 is 0 Å². The predicted octanol–water partition coefficient (Wildman–Crippen LogP) is 2.82. The first-order valence-electron chi connectivity index (χ1n) is 9.46. The van der Waals surface area contributed by atoms with Gasteiger partial charge in [-0.3, -0.25) is 9.59 Å². The summed E-state index contributed by atoms with van der Waals surface area (Å²) < 4.78 is 1.44. The first-order valence-corrected chi connectivity index (χ1v) is 9.46. The molecule has 0 radical (unpaired) electrons. The highest BCUT2D eigenvalue weighted by molar-refractivity contribution is 6.04. The average molecular weight is 393 g/mol. The molecule has 0 bridgehead atoms. The standard InChI is InChI=1S/C20H28N4O2.ClH/c1-13(2)12-24-19(25)16-9-5-4-8-15(16)18(22-24)20(26)23-11-7-6-10-17(23)14(3)21;/h4-5,8-9,13-14,17H,6-7,10-12,21H2,1-3H3;1H. The molecule has 2 heterocycles. The Kier molecular flexibility index (Phi) is 7.00. The lowest BCUT2D eigenvalue weighted by molar-refractivity contribution is 0.0577. The first-order chi connectivity index (χ1) is 12.4. The van der Waals surface area contributed by atoms with E-state index < -0.39 is 0 Å². The van der Waals surface area contributed by atoms with E-state index in [1.54, 1.807) is 6.07 Å². The van der Waals surface area contributed by atoms with Crippen molar-refractivity contribution >= 4 is 29.1 Å². The Morgan fingerprint density at radius 1 is 1.22 bits per heavy atom. The summed E-state index contributed by atoms with van der Waals surface area (Å²) in [5.74, 6) is 0.136. The van der Waals surface area contributed by atoms with E-state index in [2.05, 4.69) is 5.10 Å². The summed E-state index contributed by atoms with van der Waals surface area (Å²) in [6.07, 6.45) is 2.96. The third kappa shape index (κ3) is 4.33. The number of carbonyl (C=O) groups is 1. The van der Waals surface area contributed by atoms with Crippen LogP contribution in [0.25, 0.3) is 10.8 Å². The molecule has 1 aliphatic heterocycles. The van der Waals surface area contributed by atoms with Crippen LogP contribution in [-0.4, -0.2) is 39.2 Å². The number of piperidine rings is 1. The van der Waals surface area contributed by atoms with Gasteiger partial charge in [-0.25, -0.2) is 4.68 Å². The zero-order valence-electron chi connectivity index (χ0n) is 16.2. The van der Waals surface area contributed by atoms with Gasteiger partial charge in [-0.05, 0) is 38.2 Å². The fourth-order valence-electron chi connectivity index (χ4n) is 3.75. The number of carbonyl (C=O) groups excluding carboxylic acids is 1. The van der Waals surface area contributed by atoms with Gasteiger partial charge in [-0.1, -0.05) is 32.0 Å². The number of halogens is 1. The molecule has 3 rings (SSSR count). The summed E-state index contributed by atoms with van der Waals surface area (Å²) in [5.41, 5.74) is 6.35. The number of amides is 1. The third-order valence-electron chi connectivity index (χ3n) is 5.03. The zero-order chi connectivity index (χ0) is 18.8. The Hall–Kier alpha value is -1.92. The molecule has 148 valence electrons. The number of rotatable bonds is 4. The van der Waals surface area contributed by atoms with Gasteiger partial charge in [0.25, 0.3) is 11.5 Å². The highest BCUT2D eigenvalue weighted by atomic mass is 35.5. The Labute approximate surface area is 166 Å². The smallest absolute Gasteiger partial charge is 0.275 e. The number of likely N-dealkylation sites (tertiary alicyclic amines) is 1. The average Bonchev–Trinajstić information content (AvgIpc) is 2.63. The summed E-state index contributed by atoms with van der Waals surface area (Å²) >= 11 is 0. The largest absolute Gasteiger partial charge is 0.333 e. The lowest BCUT2D eigenvalue weighted by atomic mass is 9.96. The molecular weight excluding hydrogens is 364 g/mol. The van der Waals surface area contributed by atoms with Crippen molar-refractivity contribution in [3.8, 4) is 0 Å². The van der Waals surface area contributed by atoms with Gasteiger partial charge in [0.05, 0.1) is 5.39 Å². The summed E-state index contributed by atoms with van der Waals surface area (Å²) in [6.45, 7) is 7.18. The molecule has 1 amide bonds. The normalized spacial score (nSPS) is 18.4. The molecule has 1 fully saturated rings. The van der Waals surface area contributed by atoms with Crippen molar-refractivity contribution in [2.24, 2.45) is 11.7 Å². The minimum Gasteiger partial charge on any atom is -0.333 e. The Morgan fingerprint density at radius 2 is 1.89 bits per heavy atom.